The quantitative estimate of drug-likeness (QED) is 0.418. The molecule has 0 spiro atoms. The maximum absolute atomic E-state index is 12.0. The summed E-state index contributed by atoms with van der Waals surface area (Å²) in [6.07, 6.45) is 1.46. The maximum Gasteiger partial charge on any atom is 0.306 e. The Morgan fingerprint density at radius 1 is 1.29 bits per heavy atom. The number of H-pyrrole nitrogens is 1. The van der Waals surface area contributed by atoms with Gasteiger partial charge in [0, 0.05) is 0 Å². The summed E-state index contributed by atoms with van der Waals surface area (Å²) in [5, 5.41) is 13.1. The van der Waals surface area contributed by atoms with Crippen molar-refractivity contribution in [3.05, 3.63) is 51.4 Å². The molecular formula is C20H26N4O2S2. The highest BCUT2D eigenvalue weighted by molar-refractivity contribution is 7.81. The van der Waals surface area contributed by atoms with Crippen LogP contribution in [0.5, 0.6) is 0 Å². The zero-order chi connectivity index (χ0) is 20.3. The monoisotopic (exact) mass is 418 g/mol. The normalized spacial score (nSPS) is 14.9. The first kappa shape index (κ1) is 20.8. The van der Waals surface area contributed by atoms with Crippen molar-refractivity contribution >= 4 is 40.1 Å². The summed E-state index contributed by atoms with van der Waals surface area (Å²) in [6, 6.07) is 9.73. The van der Waals surface area contributed by atoms with E-state index in [9.17, 15) is 9.90 Å². The average molecular weight is 419 g/mol. The number of anilines is 1. The highest BCUT2D eigenvalue weighted by Crippen LogP contribution is 2.39. The summed E-state index contributed by atoms with van der Waals surface area (Å²) in [7, 11) is 0. The zero-order valence-corrected chi connectivity index (χ0v) is 18.0. The van der Waals surface area contributed by atoms with Crippen molar-refractivity contribution in [1.82, 2.24) is 15.0 Å². The summed E-state index contributed by atoms with van der Waals surface area (Å²) >= 11 is 6.02. The van der Waals surface area contributed by atoms with E-state index in [1.807, 2.05) is 37.3 Å². The Hall–Kier alpha value is -1.90. The molecule has 0 saturated heterocycles. The molecule has 3 N–H and O–H groups in total. The van der Waals surface area contributed by atoms with Gasteiger partial charge in [0.1, 0.15) is 10.5 Å². The molecule has 2 atom stereocenters. The van der Waals surface area contributed by atoms with Crippen molar-refractivity contribution in [3.63, 3.8) is 0 Å². The molecule has 2 aromatic heterocycles. The van der Waals surface area contributed by atoms with E-state index in [1.54, 1.807) is 0 Å². The Kier molecular flexibility index (Phi) is 6.42. The molecular weight excluding hydrogens is 392 g/mol. The number of nitrogens with zero attached hydrogens (tertiary/aromatic N) is 2. The van der Waals surface area contributed by atoms with Gasteiger partial charge < -0.3 is 10.4 Å². The molecule has 3 rings (SSSR count). The predicted molar refractivity (Wildman–Crippen MR) is 118 cm³/mol. The van der Waals surface area contributed by atoms with Crippen molar-refractivity contribution in [2.24, 2.45) is 5.92 Å². The fraction of sp³-hybridized carbons (Fsp3) is 0.450. The fourth-order valence-electron chi connectivity index (χ4n) is 3.28. The molecule has 0 amide bonds. The summed E-state index contributed by atoms with van der Waals surface area (Å²) in [5.74, 6) is 1.50. The van der Waals surface area contributed by atoms with Crippen LogP contribution in [0.15, 0.2) is 35.1 Å². The fourth-order valence-corrected chi connectivity index (χ4v) is 4.25. The molecule has 6 nitrogen and oxygen atoms in total. The average Bonchev–Trinajstić information content (AvgIpc) is 3.07. The molecule has 2 heterocycles. The van der Waals surface area contributed by atoms with Crippen molar-refractivity contribution in [2.45, 2.75) is 44.4 Å². The number of aliphatic hydroxyl groups is 1. The van der Waals surface area contributed by atoms with Crippen LogP contribution in [0.3, 0.4) is 0 Å². The van der Waals surface area contributed by atoms with Crippen LogP contribution in [0.2, 0.25) is 0 Å². The van der Waals surface area contributed by atoms with Gasteiger partial charge in [-0.3, -0.25) is 9.78 Å². The number of thiol groups is 1. The summed E-state index contributed by atoms with van der Waals surface area (Å²) in [6.45, 7) is 6.22. The van der Waals surface area contributed by atoms with Crippen molar-refractivity contribution < 1.29 is 5.11 Å². The Bertz CT molecular complexity index is 987. The lowest BCUT2D eigenvalue weighted by molar-refractivity contribution is 0.259. The van der Waals surface area contributed by atoms with Gasteiger partial charge >= 0.3 is 4.87 Å². The standard InChI is InChI=1S/C20H26N4O2S2/c1-4-20(27,13-8-6-5-7-9-13)18-22-16(21-14(11-25)10-12(2)3)15-17(23-18)24-19(26)28-15/h5-9,12,14,25,27H,4,10-11H2,1-3H3,(H2,21,22,23,24,26)/t14-,20?/m1/s1. The third-order valence-corrected chi connectivity index (χ3v) is 6.38. The number of hydrogen-bond acceptors (Lipinski definition) is 7. The van der Waals surface area contributed by atoms with E-state index in [-0.39, 0.29) is 17.5 Å². The van der Waals surface area contributed by atoms with Gasteiger partial charge in [-0.15, -0.1) is 0 Å². The molecule has 0 aliphatic carbocycles. The number of fused-ring (bicyclic) bond motifs is 1. The van der Waals surface area contributed by atoms with E-state index in [4.69, 9.17) is 17.6 Å². The van der Waals surface area contributed by atoms with Crippen LogP contribution in [-0.2, 0) is 4.75 Å². The number of rotatable bonds is 8. The zero-order valence-electron chi connectivity index (χ0n) is 16.3. The highest BCUT2D eigenvalue weighted by atomic mass is 32.1. The Labute approximate surface area is 173 Å². The van der Waals surface area contributed by atoms with Crippen molar-refractivity contribution in [3.8, 4) is 0 Å². The molecule has 28 heavy (non-hydrogen) atoms. The van der Waals surface area contributed by atoms with E-state index >= 15 is 0 Å². The van der Waals surface area contributed by atoms with E-state index in [1.165, 1.54) is 0 Å². The number of thiazole rings is 1. The summed E-state index contributed by atoms with van der Waals surface area (Å²) < 4.78 is -0.0342. The lowest BCUT2D eigenvalue weighted by atomic mass is 9.94. The van der Waals surface area contributed by atoms with Gasteiger partial charge in [-0.1, -0.05) is 62.4 Å². The lowest BCUT2D eigenvalue weighted by Gasteiger charge is -2.27. The first-order valence-electron chi connectivity index (χ1n) is 9.44. The largest absolute Gasteiger partial charge is 0.394 e. The molecule has 0 saturated carbocycles. The Balaban J connectivity index is 2.13. The van der Waals surface area contributed by atoms with E-state index in [0.717, 1.165) is 23.3 Å². The molecule has 1 aromatic carbocycles. The summed E-state index contributed by atoms with van der Waals surface area (Å²) in [5.41, 5.74) is 1.48. The molecule has 0 aliphatic heterocycles. The van der Waals surface area contributed by atoms with Crippen LogP contribution in [0, 0.1) is 5.92 Å². The molecule has 0 aliphatic rings. The SMILES string of the molecule is CCC(S)(c1ccccc1)c1nc(N[C@@H](CO)CC(C)C)c2sc(=O)[nH]c2n1. The van der Waals surface area contributed by atoms with E-state index < -0.39 is 4.75 Å². The predicted octanol–water partition coefficient (Wildman–Crippen LogP) is 3.78. The minimum Gasteiger partial charge on any atom is -0.394 e. The van der Waals surface area contributed by atoms with Crippen LogP contribution in [0.25, 0.3) is 10.3 Å². The van der Waals surface area contributed by atoms with Crippen LogP contribution < -0.4 is 10.2 Å². The van der Waals surface area contributed by atoms with Crippen LogP contribution in [0.4, 0.5) is 5.82 Å². The number of hydrogen-bond donors (Lipinski definition) is 4. The molecule has 0 fully saturated rings. The first-order valence-corrected chi connectivity index (χ1v) is 10.7. The van der Waals surface area contributed by atoms with Crippen LogP contribution in [-0.4, -0.2) is 32.7 Å². The minimum absolute atomic E-state index is 0.0171. The number of aliphatic hydroxyl groups excluding tert-OH is 1. The van der Waals surface area contributed by atoms with Gasteiger partial charge in [0.15, 0.2) is 11.5 Å². The third kappa shape index (κ3) is 4.24. The maximum atomic E-state index is 12.0. The van der Waals surface area contributed by atoms with Gasteiger partial charge in [-0.25, -0.2) is 9.97 Å². The smallest absolute Gasteiger partial charge is 0.306 e. The number of benzene rings is 1. The summed E-state index contributed by atoms with van der Waals surface area (Å²) in [4.78, 5) is 24.0. The molecule has 8 heteroatoms. The second kappa shape index (κ2) is 8.63. The molecule has 3 aromatic rings. The minimum atomic E-state index is -0.697. The van der Waals surface area contributed by atoms with Crippen molar-refractivity contribution in [2.75, 3.05) is 11.9 Å². The van der Waals surface area contributed by atoms with E-state index in [2.05, 4.69) is 29.1 Å². The van der Waals surface area contributed by atoms with E-state index in [0.29, 0.717) is 34.3 Å². The van der Waals surface area contributed by atoms with Gasteiger partial charge in [-0.05, 0) is 24.3 Å². The van der Waals surface area contributed by atoms with Gasteiger partial charge in [0.05, 0.1) is 17.4 Å². The molecule has 0 bridgehead atoms. The van der Waals surface area contributed by atoms with Crippen LogP contribution in [0.1, 0.15) is 45.0 Å². The molecule has 1 unspecified atom stereocenters. The first-order chi connectivity index (χ1) is 13.4. The van der Waals surface area contributed by atoms with Crippen molar-refractivity contribution in [1.29, 1.82) is 0 Å². The number of nitrogens with one attached hydrogen (secondary N) is 2. The third-order valence-electron chi connectivity index (χ3n) is 4.73. The van der Waals surface area contributed by atoms with Gasteiger partial charge in [0.25, 0.3) is 0 Å². The lowest BCUT2D eigenvalue weighted by Crippen LogP contribution is -2.28. The van der Waals surface area contributed by atoms with Crippen LogP contribution >= 0.6 is 24.0 Å². The second-order valence-corrected chi connectivity index (χ2v) is 9.07. The topological polar surface area (TPSA) is 90.9 Å². The second-order valence-electron chi connectivity index (χ2n) is 7.32. The number of aromatic nitrogens is 3. The molecule has 150 valence electrons. The Morgan fingerprint density at radius 2 is 2.00 bits per heavy atom. The van der Waals surface area contributed by atoms with Gasteiger partial charge in [0.2, 0.25) is 0 Å². The Morgan fingerprint density at radius 3 is 2.61 bits per heavy atom. The highest BCUT2D eigenvalue weighted by Gasteiger charge is 2.33. The molecule has 0 radical (unpaired) electrons. The van der Waals surface area contributed by atoms with Gasteiger partial charge in [-0.2, -0.15) is 12.6 Å². The number of aromatic amines is 1.